The van der Waals surface area contributed by atoms with E-state index in [2.05, 4.69) is 93.2 Å². The summed E-state index contributed by atoms with van der Waals surface area (Å²) in [5.74, 6) is 0.783. The van der Waals surface area contributed by atoms with Gasteiger partial charge in [0, 0.05) is 40.5 Å². The van der Waals surface area contributed by atoms with Crippen LogP contribution in [0.15, 0.2) is 66.9 Å². The molecule has 3 aliphatic rings. The standard InChI is InChI=1S/C49H62N7O7S2Si/c1-27(2)40(66)38(53-46(60)62-6)43(58)56-20-9-19-49(56,65-8)45-50-25-37(52-45)30-12-10-29(11-13-30)31-14-15-33-24-34(17-16-32(33)23-31)51-42(57)35-18-21-55(39(35)36-22-28(36)3)44(59)41(48(4,5)26-64)54-47(61)63-7/h10-17,23-25,27-28,35-36,38-41,64H,9,18-22,26H2,1-8H3,(H,50,52)(H,51,57)(H,53,60)(H,54,61). The van der Waals surface area contributed by atoms with Crippen molar-refractivity contribution in [2.75, 3.05) is 44.6 Å². The van der Waals surface area contributed by atoms with Crippen molar-refractivity contribution < 1.29 is 33.4 Å². The molecule has 0 bridgehead atoms. The molecule has 17 heteroatoms. The van der Waals surface area contributed by atoms with Gasteiger partial charge in [-0.2, -0.15) is 12.6 Å². The Hall–Kier alpha value is -5.00. The Morgan fingerprint density at radius 1 is 0.939 bits per heavy atom. The lowest BCUT2D eigenvalue weighted by Crippen LogP contribution is -2.58. The first-order valence-electron chi connectivity index (χ1n) is 22.7. The third-order valence-electron chi connectivity index (χ3n) is 13.9. The van der Waals surface area contributed by atoms with Crippen molar-refractivity contribution >= 4 is 81.0 Å². The number of thioether (sulfide) groups is 1. The summed E-state index contributed by atoms with van der Waals surface area (Å²) >= 11 is 6.04. The topological polar surface area (TPSA) is 175 Å². The molecule has 8 atom stereocenters. The van der Waals surface area contributed by atoms with Crippen LogP contribution in [-0.4, -0.2) is 117 Å². The molecule has 8 unspecified atom stereocenters. The number of nitrogens with zero attached hydrogens (tertiary/aromatic N) is 3. The van der Waals surface area contributed by atoms with Crippen LogP contribution in [0.3, 0.4) is 0 Å². The maximum Gasteiger partial charge on any atom is 0.407 e. The zero-order valence-corrected chi connectivity index (χ0v) is 41.7. The van der Waals surface area contributed by atoms with E-state index in [0.717, 1.165) is 46.0 Å². The van der Waals surface area contributed by atoms with Crippen molar-refractivity contribution in [3.05, 3.63) is 72.7 Å². The zero-order valence-electron chi connectivity index (χ0n) is 39.0. The number of imidazole rings is 1. The first-order chi connectivity index (χ1) is 31.5. The number of benzene rings is 3. The van der Waals surface area contributed by atoms with E-state index in [1.807, 2.05) is 68.1 Å². The van der Waals surface area contributed by atoms with Crippen LogP contribution in [0.2, 0.25) is 5.54 Å². The summed E-state index contributed by atoms with van der Waals surface area (Å²) < 4.78 is 9.73. The van der Waals surface area contributed by atoms with Crippen molar-refractivity contribution in [2.45, 2.75) is 88.8 Å². The smallest absolute Gasteiger partial charge is 0.407 e. The van der Waals surface area contributed by atoms with E-state index in [-0.39, 0.29) is 41.1 Å². The largest absolute Gasteiger partial charge is 0.453 e. The number of aromatic amines is 1. The Bertz CT molecular complexity index is 2450. The Balaban J connectivity index is 1.04. The van der Waals surface area contributed by atoms with E-state index in [1.54, 1.807) is 11.8 Å². The molecule has 1 saturated carbocycles. The Morgan fingerprint density at radius 2 is 1.58 bits per heavy atom. The number of nitrogens with one attached hydrogen (secondary N) is 4. The molecule has 5 amide bonds. The van der Waals surface area contributed by atoms with Crippen molar-refractivity contribution in [1.82, 2.24) is 30.4 Å². The molecule has 1 aliphatic carbocycles. The van der Waals surface area contributed by atoms with Gasteiger partial charge in [-0.3, -0.25) is 14.4 Å². The van der Waals surface area contributed by atoms with Crippen LogP contribution >= 0.6 is 24.4 Å². The third kappa shape index (κ3) is 9.84. The van der Waals surface area contributed by atoms with Gasteiger partial charge in [-0.05, 0) is 107 Å². The Labute approximate surface area is 400 Å². The van der Waals surface area contributed by atoms with E-state index >= 15 is 0 Å². The molecule has 2 saturated heterocycles. The van der Waals surface area contributed by atoms with Crippen molar-refractivity contribution in [3.8, 4) is 22.4 Å². The zero-order chi connectivity index (χ0) is 47.7. The lowest BCUT2D eigenvalue weighted by molar-refractivity contribution is -0.138. The number of anilines is 1. The number of methoxy groups -OCH3 is 2. The van der Waals surface area contributed by atoms with Gasteiger partial charge in [-0.15, -0.1) is 11.8 Å². The summed E-state index contributed by atoms with van der Waals surface area (Å²) in [6, 6.07) is 18.5. The molecule has 2 aliphatic heterocycles. The number of hydrogen-bond donors (Lipinski definition) is 5. The number of rotatable bonds is 15. The number of amides is 5. The quantitative estimate of drug-likeness (QED) is 0.0587. The third-order valence-corrected chi connectivity index (χ3v) is 17.0. The Morgan fingerprint density at radius 3 is 2.21 bits per heavy atom. The molecule has 14 nitrogen and oxygen atoms in total. The molecule has 0 spiro atoms. The monoisotopic (exact) mass is 952 g/mol. The minimum Gasteiger partial charge on any atom is -0.453 e. The number of carbonyl (C=O) groups is 5. The maximum atomic E-state index is 14.2. The van der Waals surface area contributed by atoms with Crippen LogP contribution < -0.4 is 16.0 Å². The minimum atomic E-state index is -0.856. The highest BCUT2D eigenvalue weighted by atomic mass is 32.2. The molecule has 3 fully saturated rings. The van der Waals surface area contributed by atoms with E-state index in [1.165, 1.54) is 14.2 Å². The van der Waals surface area contributed by atoms with E-state index in [9.17, 15) is 24.0 Å². The summed E-state index contributed by atoms with van der Waals surface area (Å²) in [7, 11) is 6.29. The predicted octanol–water partition coefficient (Wildman–Crippen LogP) is 7.86. The van der Waals surface area contributed by atoms with Gasteiger partial charge < -0.3 is 40.2 Å². The number of thiol groups is 1. The predicted molar refractivity (Wildman–Crippen MR) is 263 cm³/mol. The number of hydrogen-bond acceptors (Lipinski definition) is 10. The lowest BCUT2D eigenvalue weighted by Gasteiger charge is -2.39. The number of carbonyl (C=O) groups excluding carboxylic acids is 5. The number of fused-ring (bicyclic) bond motifs is 1. The van der Waals surface area contributed by atoms with Crippen LogP contribution in [0.1, 0.15) is 66.1 Å². The maximum absolute atomic E-state index is 14.2. The molecule has 1 aromatic heterocycles. The van der Waals surface area contributed by atoms with Gasteiger partial charge in [-0.1, -0.05) is 77.1 Å². The number of alkyl carbamates (subject to hydrolysis) is 2. The number of H-pyrrole nitrogens is 1. The van der Waals surface area contributed by atoms with E-state index in [4.69, 9.17) is 14.5 Å². The molecule has 7 rings (SSSR count). The molecule has 351 valence electrons. The SMILES string of the molecule is COC(=O)NC(C(=O)N1CCCC1(SC)c1ncc(-c2ccc(-c3ccc4cc(NC(=O)C5CCN(C(=O)C(NC(=O)OC)C(C)(C)CS)C5C5CC5C)ccc4c3)cc2)[nH]1)C([Si])C(C)C. The molecule has 3 aromatic carbocycles. The number of ether oxygens (including phenoxy) is 2. The summed E-state index contributed by atoms with van der Waals surface area (Å²) in [6.07, 6.45) is 5.41. The Kier molecular flexibility index (Phi) is 14.9. The van der Waals surface area contributed by atoms with E-state index < -0.39 is 40.5 Å². The van der Waals surface area contributed by atoms with Gasteiger partial charge in [0.15, 0.2) is 0 Å². The van der Waals surface area contributed by atoms with Crippen molar-refractivity contribution in [2.24, 2.45) is 29.1 Å². The molecule has 3 heterocycles. The average Bonchev–Trinajstić information content (AvgIpc) is 3.72. The molecule has 4 aromatic rings. The second-order valence-corrected chi connectivity index (χ2v) is 21.0. The molecule has 3 radical (unpaired) electrons. The summed E-state index contributed by atoms with van der Waals surface area (Å²) in [6.45, 7) is 10.9. The fourth-order valence-electron chi connectivity index (χ4n) is 9.67. The summed E-state index contributed by atoms with van der Waals surface area (Å²) in [5.41, 5.74) is 3.57. The highest BCUT2D eigenvalue weighted by Crippen LogP contribution is 2.49. The number of aromatic nitrogens is 2. The first kappa shape index (κ1) is 48.9. The molecule has 66 heavy (non-hydrogen) atoms. The summed E-state index contributed by atoms with van der Waals surface area (Å²) in [5, 5.41) is 10.7. The molecular weight excluding hydrogens is 891 g/mol. The molecule has 4 N–H and O–H groups in total. The lowest BCUT2D eigenvalue weighted by atomic mass is 9.85. The summed E-state index contributed by atoms with van der Waals surface area (Å²) in [4.78, 5) is 78.3. The highest BCUT2D eigenvalue weighted by Gasteiger charge is 2.54. The van der Waals surface area contributed by atoms with Gasteiger partial charge in [-0.25, -0.2) is 14.6 Å². The van der Waals surface area contributed by atoms with Crippen LogP contribution in [0.25, 0.3) is 33.2 Å². The van der Waals surface area contributed by atoms with Crippen LogP contribution in [0, 0.1) is 29.1 Å². The van der Waals surface area contributed by atoms with Gasteiger partial charge in [0.25, 0.3) is 0 Å². The van der Waals surface area contributed by atoms with Gasteiger partial charge in [0.2, 0.25) is 17.7 Å². The van der Waals surface area contributed by atoms with Crippen LogP contribution in [-0.2, 0) is 28.7 Å². The first-order valence-corrected chi connectivity index (χ1v) is 25.1. The van der Waals surface area contributed by atoms with Gasteiger partial charge in [0.1, 0.15) is 22.8 Å². The van der Waals surface area contributed by atoms with Crippen LogP contribution in [0.5, 0.6) is 0 Å². The fourth-order valence-corrected chi connectivity index (χ4v) is 11.1. The van der Waals surface area contributed by atoms with Crippen LogP contribution in [0.4, 0.5) is 15.3 Å². The minimum absolute atomic E-state index is 0.0657. The van der Waals surface area contributed by atoms with Gasteiger partial charge in [0.05, 0.1) is 32.0 Å². The average molecular weight is 953 g/mol. The highest BCUT2D eigenvalue weighted by molar-refractivity contribution is 7.99. The van der Waals surface area contributed by atoms with Gasteiger partial charge >= 0.3 is 12.2 Å². The molecular formula is C49H62N7O7S2Si. The van der Waals surface area contributed by atoms with E-state index in [0.29, 0.717) is 49.1 Å². The second kappa shape index (κ2) is 20.1. The second-order valence-electron chi connectivity index (χ2n) is 19.0. The number of likely N-dealkylation sites (tertiary alicyclic amines) is 2. The normalized spacial score (nSPS) is 23.0. The fraction of sp³-hybridized carbons (Fsp3) is 0.510. The van der Waals surface area contributed by atoms with Crippen molar-refractivity contribution in [1.29, 1.82) is 0 Å². The van der Waals surface area contributed by atoms with Crippen molar-refractivity contribution in [3.63, 3.8) is 0 Å².